The van der Waals surface area contributed by atoms with Crippen molar-refractivity contribution < 1.29 is 29.4 Å². The quantitative estimate of drug-likeness (QED) is 0.188. The summed E-state index contributed by atoms with van der Waals surface area (Å²) in [6.45, 7) is -1.11. The van der Waals surface area contributed by atoms with Crippen LogP contribution in [-0.2, 0) is 32.0 Å². The summed E-state index contributed by atoms with van der Waals surface area (Å²) in [4.78, 5) is 55.3. The minimum atomic E-state index is -1.33. The van der Waals surface area contributed by atoms with E-state index in [1.807, 2.05) is 0 Å². The molecule has 0 spiro atoms. The van der Waals surface area contributed by atoms with Crippen LogP contribution in [0.15, 0.2) is 42.9 Å². The Hall–Kier alpha value is -3.77. The number of carbonyl (C=O) groups is 4. The Balaban J connectivity index is 2.15. The Morgan fingerprint density at radius 3 is 2.19 bits per heavy atom. The van der Waals surface area contributed by atoms with Crippen LogP contribution >= 0.6 is 0 Å². The fourth-order valence-corrected chi connectivity index (χ4v) is 2.87. The molecule has 12 nitrogen and oxygen atoms in total. The van der Waals surface area contributed by atoms with E-state index in [-0.39, 0.29) is 19.4 Å². The van der Waals surface area contributed by atoms with Gasteiger partial charge in [-0.05, 0) is 5.56 Å². The van der Waals surface area contributed by atoms with Gasteiger partial charge in [-0.25, -0.2) is 9.78 Å². The fourth-order valence-electron chi connectivity index (χ4n) is 2.87. The van der Waals surface area contributed by atoms with E-state index in [1.54, 1.807) is 30.3 Å². The molecular formula is C20H26N6O6. The number of nitrogens with two attached hydrogens (primary N) is 1. The summed E-state index contributed by atoms with van der Waals surface area (Å²) in [5.41, 5.74) is 6.42. The minimum Gasteiger partial charge on any atom is -0.480 e. The number of benzene rings is 1. The van der Waals surface area contributed by atoms with Crippen LogP contribution in [0.5, 0.6) is 0 Å². The van der Waals surface area contributed by atoms with Crippen molar-refractivity contribution in [1.29, 1.82) is 0 Å². The zero-order valence-electron chi connectivity index (χ0n) is 17.2. The number of nitrogens with zero attached hydrogens (tertiary/aromatic N) is 1. The lowest BCUT2D eigenvalue weighted by atomic mass is 10.0. The summed E-state index contributed by atoms with van der Waals surface area (Å²) < 4.78 is 0. The second-order valence-electron chi connectivity index (χ2n) is 6.94. The van der Waals surface area contributed by atoms with Crippen molar-refractivity contribution in [2.75, 3.05) is 13.2 Å². The van der Waals surface area contributed by atoms with Crippen molar-refractivity contribution >= 4 is 23.7 Å². The molecule has 8 N–H and O–H groups in total. The van der Waals surface area contributed by atoms with Gasteiger partial charge in [0.25, 0.3) is 0 Å². The average molecular weight is 446 g/mol. The number of aromatic nitrogens is 2. The van der Waals surface area contributed by atoms with Crippen LogP contribution in [0.4, 0.5) is 0 Å². The van der Waals surface area contributed by atoms with Gasteiger partial charge in [-0.15, -0.1) is 0 Å². The first-order chi connectivity index (χ1) is 15.3. The average Bonchev–Trinajstić information content (AvgIpc) is 3.29. The van der Waals surface area contributed by atoms with E-state index in [4.69, 9.17) is 5.73 Å². The van der Waals surface area contributed by atoms with Crippen molar-refractivity contribution in [2.24, 2.45) is 5.73 Å². The Labute approximate surface area is 183 Å². The third-order valence-electron chi connectivity index (χ3n) is 4.53. The summed E-state index contributed by atoms with van der Waals surface area (Å²) in [5.74, 6) is -3.48. The van der Waals surface area contributed by atoms with Crippen LogP contribution in [0.1, 0.15) is 11.3 Å². The first-order valence-electron chi connectivity index (χ1n) is 9.79. The maximum atomic E-state index is 12.9. The molecule has 0 fully saturated rings. The number of carboxylic acid groups (broad SMARTS) is 1. The molecule has 0 aliphatic heterocycles. The number of carbonyl (C=O) groups excluding carboxylic acids is 3. The molecule has 172 valence electrons. The number of rotatable bonds is 12. The Bertz CT molecular complexity index is 905. The minimum absolute atomic E-state index is 0.0295. The summed E-state index contributed by atoms with van der Waals surface area (Å²) >= 11 is 0. The highest BCUT2D eigenvalue weighted by molar-refractivity contribution is 5.93. The Kier molecular flexibility index (Phi) is 9.32. The largest absolute Gasteiger partial charge is 0.480 e. The molecule has 3 unspecified atom stereocenters. The van der Waals surface area contributed by atoms with E-state index >= 15 is 0 Å². The molecule has 0 aliphatic rings. The number of carboxylic acids is 1. The van der Waals surface area contributed by atoms with Crippen LogP contribution in [-0.4, -0.2) is 75.1 Å². The van der Waals surface area contributed by atoms with Gasteiger partial charge in [0.2, 0.25) is 17.7 Å². The molecule has 0 saturated heterocycles. The molecule has 0 saturated carbocycles. The predicted octanol–water partition coefficient (Wildman–Crippen LogP) is -2.32. The van der Waals surface area contributed by atoms with Gasteiger partial charge in [-0.2, -0.15) is 0 Å². The standard InChI is InChI=1S/C20H26N6O6/c21-8-17(28)24-16(10-27)19(30)25-14(7-13-9-22-11-23-13)18(29)26-15(20(31)32)6-12-4-2-1-3-5-12/h1-5,9,11,14-16,27H,6-8,10,21H2,(H,22,23)(H,24,28)(H,25,30)(H,26,29)(H,31,32). The van der Waals surface area contributed by atoms with Crippen LogP contribution in [0.3, 0.4) is 0 Å². The van der Waals surface area contributed by atoms with Crippen LogP contribution in [0.2, 0.25) is 0 Å². The van der Waals surface area contributed by atoms with E-state index in [0.717, 1.165) is 0 Å². The number of aliphatic hydroxyl groups excluding tert-OH is 1. The smallest absolute Gasteiger partial charge is 0.326 e. The van der Waals surface area contributed by atoms with Crippen LogP contribution in [0, 0.1) is 0 Å². The van der Waals surface area contributed by atoms with Gasteiger partial charge in [-0.3, -0.25) is 14.4 Å². The number of amides is 3. The van der Waals surface area contributed by atoms with E-state index in [9.17, 15) is 29.4 Å². The summed E-state index contributed by atoms with van der Waals surface area (Å²) in [5, 5.41) is 26.1. The third-order valence-corrected chi connectivity index (χ3v) is 4.53. The molecule has 1 heterocycles. The van der Waals surface area contributed by atoms with Gasteiger partial charge in [0.15, 0.2) is 0 Å². The molecule has 1 aromatic heterocycles. The van der Waals surface area contributed by atoms with Crippen molar-refractivity contribution in [1.82, 2.24) is 25.9 Å². The zero-order valence-corrected chi connectivity index (χ0v) is 17.2. The highest BCUT2D eigenvalue weighted by Gasteiger charge is 2.29. The van der Waals surface area contributed by atoms with E-state index < -0.39 is 48.4 Å². The second kappa shape index (κ2) is 12.2. The number of aromatic amines is 1. The van der Waals surface area contributed by atoms with Gasteiger partial charge in [-0.1, -0.05) is 30.3 Å². The lowest BCUT2D eigenvalue weighted by molar-refractivity contribution is -0.142. The topological polar surface area (TPSA) is 200 Å². The number of hydrogen-bond acceptors (Lipinski definition) is 7. The monoisotopic (exact) mass is 446 g/mol. The predicted molar refractivity (Wildman–Crippen MR) is 112 cm³/mol. The maximum Gasteiger partial charge on any atom is 0.326 e. The van der Waals surface area contributed by atoms with Crippen molar-refractivity contribution in [2.45, 2.75) is 31.0 Å². The number of hydrogen-bond donors (Lipinski definition) is 7. The zero-order chi connectivity index (χ0) is 23.5. The lowest BCUT2D eigenvalue weighted by Gasteiger charge is -2.23. The van der Waals surface area contributed by atoms with E-state index in [1.165, 1.54) is 12.5 Å². The molecule has 0 aliphatic carbocycles. The van der Waals surface area contributed by atoms with Crippen molar-refractivity contribution in [3.05, 3.63) is 54.1 Å². The second-order valence-corrected chi connectivity index (χ2v) is 6.94. The van der Waals surface area contributed by atoms with Crippen LogP contribution < -0.4 is 21.7 Å². The lowest BCUT2D eigenvalue weighted by Crippen LogP contribution is -2.57. The molecule has 3 amide bonds. The summed E-state index contributed by atoms with van der Waals surface area (Å²) in [6.07, 6.45) is 2.85. The maximum absolute atomic E-state index is 12.9. The van der Waals surface area contributed by atoms with E-state index in [0.29, 0.717) is 11.3 Å². The highest BCUT2D eigenvalue weighted by atomic mass is 16.4. The third kappa shape index (κ3) is 7.49. The highest BCUT2D eigenvalue weighted by Crippen LogP contribution is 2.06. The van der Waals surface area contributed by atoms with Crippen molar-refractivity contribution in [3.8, 4) is 0 Å². The number of aliphatic hydroxyl groups is 1. The molecular weight excluding hydrogens is 420 g/mol. The van der Waals surface area contributed by atoms with Gasteiger partial charge in [0, 0.05) is 24.7 Å². The molecule has 0 bridgehead atoms. The first-order valence-corrected chi connectivity index (χ1v) is 9.79. The number of H-pyrrole nitrogens is 1. The summed E-state index contributed by atoms with van der Waals surface area (Å²) in [7, 11) is 0. The van der Waals surface area contributed by atoms with Gasteiger partial charge >= 0.3 is 5.97 Å². The summed E-state index contributed by atoms with van der Waals surface area (Å²) in [6, 6.07) is 4.98. The Morgan fingerprint density at radius 2 is 1.62 bits per heavy atom. The number of aliphatic carboxylic acids is 1. The number of nitrogens with one attached hydrogen (secondary N) is 4. The van der Waals surface area contributed by atoms with E-state index in [2.05, 4.69) is 25.9 Å². The molecule has 32 heavy (non-hydrogen) atoms. The van der Waals surface area contributed by atoms with Gasteiger partial charge in [0.05, 0.1) is 19.5 Å². The number of imidazole rings is 1. The SMILES string of the molecule is NCC(=O)NC(CO)C(=O)NC(Cc1cnc[nH]1)C(=O)NC(Cc1ccccc1)C(=O)O. The molecule has 1 aromatic carbocycles. The molecule has 12 heteroatoms. The molecule has 2 aromatic rings. The normalized spacial score (nSPS) is 13.4. The fraction of sp³-hybridized carbons (Fsp3) is 0.350. The van der Waals surface area contributed by atoms with Crippen LogP contribution in [0.25, 0.3) is 0 Å². The van der Waals surface area contributed by atoms with Crippen molar-refractivity contribution in [3.63, 3.8) is 0 Å². The molecule has 0 radical (unpaired) electrons. The first kappa shape index (κ1) is 24.5. The Morgan fingerprint density at radius 1 is 0.969 bits per heavy atom. The molecule has 3 atom stereocenters. The molecule has 2 rings (SSSR count). The van der Waals surface area contributed by atoms with Gasteiger partial charge in [0.1, 0.15) is 18.1 Å². The van der Waals surface area contributed by atoms with Gasteiger partial charge < -0.3 is 36.9 Å².